The minimum atomic E-state index is -0.833. The van der Waals surface area contributed by atoms with Gasteiger partial charge in [0.15, 0.2) is 0 Å². The van der Waals surface area contributed by atoms with Crippen LogP contribution in [0, 0.1) is 0 Å². The molecule has 0 aromatic heterocycles. The molecule has 0 aliphatic heterocycles. The zero-order valence-electron chi connectivity index (χ0n) is 6.74. The number of nitrogens with two attached hydrogens (primary N) is 1. The number of aliphatic hydroxyl groups is 2. The van der Waals surface area contributed by atoms with Crippen LogP contribution in [0.25, 0.3) is 0 Å². The summed E-state index contributed by atoms with van der Waals surface area (Å²) in [5.74, 6) is 3.76. The van der Waals surface area contributed by atoms with Crippen molar-refractivity contribution in [2.75, 3.05) is 20.3 Å². The highest BCUT2D eigenvalue weighted by molar-refractivity contribution is 5.62. The van der Waals surface area contributed by atoms with E-state index in [2.05, 4.69) is 11.3 Å². The molecule has 6 nitrogen and oxygen atoms in total. The molecule has 0 fully saturated rings. The van der Waals surface area contributed by atoms with Gasteiger partial charge in [0.1, 0.15) is 0 Å². The van der Waals surface area contributed by atoms with Gasteiger partial charge in [-0.1, -0.05) is 0 Å². The second-order valence-electron chi connectivity index (χ2n) is 1.25. The van der Waals surface area contributed by atoms with Crippen molar-refractivity contribution in [3.05, 3.63) is 0 Å². The first kappa shape index (κ1) is 16.7. The van der Waals surface area contributed by atoms with Gasteiger partial charge in [0, 0.05) is 6.92 Å². The number of hydrogen-bond donors (Lipinski definition) is 5. The predicted molar refractivity (Wildman–Crippen MR) is 40.7 cm³/mol. The molecule has 70 valence electrons. The fraction of sp³-hybridized carbons (Fsp3) is 0.800. The Morgan fingerprint density at radius 2 is 1.55 bits per heavy atom. The molecule has 6 N–H and O–H groups in total. The van der Waals surface area contributed by atoms with Crippen LogP contribution in [0.5, 0.6) is 0 Å². The van der Waals surface area contributed by atoms with Crippen LogP contribution < -0.4 is 11.3 Å². The largest absolute Gasteiger partial charge is 0.481 e. The molecule has 0 saturated heterocycles. The molecule has 0 radical (unpaired) electrons. The summed E-state index contributed by atoms with van der Waals surface area (Å²) in [7, 11) is 1.65. The first-order valence-electron chi connectivity index (χ1n) is 2.85. The van der Waals surface area contributed by atoms with Gasteiger partial charge in [-0.25, -0.2) is 0 Å². The van der Waals surface area contributed by atoms with E-state index >= 15 is 0 Å². The van der Waals surface area contributed by atoms with Crippen LogP contribution >= 0.6 is 0 Å². The van der Waals surface area contributed by atoms with Crippen molar-refractivity contribution in [3.8, 4) is 0 Å². The number of carbonyl (C=O) groups is 1. The number of nitrogens with one attached hydrogen (secondary N) is 1. The van der Waals surface area contributed by atoms with Gasteiger partial charge < -0.3 is 15.3 Å². The van der Waals surface area contributed by atoms with Crippen LogP contribution in [0.2, 0.25) is 0 Å². The van der Waals surface area contributed by atoms with Crippen LogP contribution in [-0.4, -0.2) is 41.6 Å². The van der Waals surface area contributed by atoms with Crippen LogP contribution in [0.4, 0.5) is 0 Å². The highest BCUT2D eigenvalue weighted by Gasteiger charge is 1.65. The summed E-state index contributed by atoms with van der Waals surface area (Å²) < 4.78 is 0. The summed E-state index contributed by atoms with van der Waals surface area (Å²) in [5.41, 5.74) is 2.25. The van der Waals surface area contributed by atoms with E-state index in [0.29, 0.717) is 0 Å². The molecular weight excluding hydrogens is 152 g/mol. The van der Waals surface area contributed by atoms with E-state index < -0.39 is 5.97 Å². The van der Waals surface area contributed by atoms with E-state index in [-0.39, 0.29) is 13.2 Å². The summed E-state index contributed by atoms with van der Waals surface area (Å²) in [5, 5.41) is 22.7. The first-order chi connectivity index (χ1) is 5.06. The number of carboxylic acid groups (broad SMARTS) is 1. The average molecular weight is 168 g/mol. The molecule has 0 aliphatic carbocycles. The lowest BCUT2D eigenvalue weighted by Crippen LogP contribution is -2.13. The van der Waals surface area contributed by atoms with Crippen molar-refractivity contribution in [2.45, 2.75) is 6.92 Å². The molecule has 0 bridgehead atoms. The molecule has 6 heteroatoms. The van der Waals surface area contributed by atoms with Gasteiger partial charge in [0.25, 0.3) is 5.97 Å². The molecule has 0 unspecified atom stereocenters. The van der Waals surface area contributed by atoms with E-state index in [1.54, 1.807) is 7.05 Å². The molecule has 0 aromatic rings. The number of aliphatic carboxylic acids is 1. The standard InChI is InChI=1S/C2H4O2.C2H6O2.CH6N2/c1-2(3)4;3-1-2-4;1-3-2/h1H3,(H,3,4);3-4H,1-2H2;3H,2H2,1H3. The molecule has 0 atom stereocenters. The Hall–Kier alpha value is -0.690. The third kappa shape index (κ3) is 5180. The third-order valence-electron chi connectivity index (χ3n) is 0.1000. The summed E-state index contributed by atoms with van der Waals surface area (Å²) in [6.07, 6.45) is 0. The first-order valence-corrected chi connectivity index (χ1v) is 2.85. The van der Waals surface area contributed by atoms with E-state index in [0.717, 1.165) is 6.92 Å². The predicted octanol–water partition coefficient (Wildman–Crippen LogP) is -1.86. The van der Waals surface area contributed by atoms with Crippen molar-refractivity contribution in [3.63, 3.8) is 0 Å². The van der Waals surface area contributed by atoms with E-state index in [9.17, 15) is 0 Å². The number of carboxylic acids is 1. The molecule has 0 amide bonds. The highest BCUT2D eigenvalue weighted by Crippen LogP contribution is 1.42. The number of aliphatic hydroxyl groups excluding tert-OH is 2. The summed E-state index contributed by atoms with van der Waals surface area (Å²) in [6, 6.07) is 0. The maximum absolute atomic E-state index is 9.00. The van der Waals surface area contributed by atoms with Gasteiger partial charge in [-0.2, -0.15) is 0 Å². The quantitative estimate of drug-likeness (QED) is 0.232. The van der Waals surface area contributed by atoms with E-state index in [1.165, 1.54) is 0 Å². The molecule has 0 spiro atoms. The third-order valence-corrected chi connectivity index (χ3v) is 0.1000. The van der Waals surface area contributed by atoms with E-state index in [1.807, 2.05) is 0 Å². The van der Waals surface area contributed by atoms with Gasteiger partial charge in [0.2, 0.25) is 0 Å². The van der Waals surface area contributed by atoms with Gasteiger partial charge in [-0.05, 0) is 7.05 Å². The minimum Gasteiger partial charge on any atom is -0.481 e. The molecular formula is C5H16N2O4. The zero-order valence-corrected chi connectivity index (χ0v) is 6.74. The van der Waals surface area contributed by atoms with Gasteiger partial charge in [-0.15, -0.1) is 0 Å². The lowest BCUT2D eigenvalue weighted by atomic mass is 10.8. The Morgan fingerprint density at radius 1 is 1.45 bits per heavy atom. The van der Waals surface area contributed by atoms with Crippen molar-refractivity contribution in [1.29, 1.82) is 0 Å². The average Bonchev–Trinajstić information content (AvgIpc) is 1.88. The summed E-state index contributed by atoms with van der Waals surface area (Å²) in [6.45, 7) is 0.833. The zero-order chi connectivity index (χ0) is 9.70. The van der Waals surface area contributed by atoms with E-state index in [4.69, 9.17) is 20.1 Å². The molecule has 0 aromatic carbocycles. The fourth-order valence-electron chi connectivity index (χ4n) is 0. The maximum atomic E-state index is 9.00. The van der Waals surface area contributed by atoms with Gasteiger partial charge >= 0.3 is 0 Å². The van der Waals surface area contributed by atoms with Crippen LogP contribution in [0.1, 0.15) is 6.92 Å². The van der Waals surface area contributed by atoms with Crippen molar-refractivity contribution in [2.24, 2.45) is 5.84 Å². The Labute approximate surface area is 65.6 Å². The smallest absolute Gasteiger partial charge is 0.300 e. The fourth-order valence-corrected chi connectivity index (χ4v) is 0. The normalized spacial score (nSPS) is 6.64. The molecule has 0 aliphatic rings. The number of hydrazine groups is 1. The molecule has 0 rings (SSSR count). The van der Waals surface area contributed by atoms with Crippen LogP contribution in [0.3, 0.4) is 0 Å². The van der Waals surface area contributed by atoms with Crippen LogP contribution in [-0.2, 0) is 4.79 Å². The monoisotopic (exact) mass is 168 g/mol. The highest BCUT2D eigenvalue weighted by atomic mass is 16.4. The lowest BCUT2D eigenvalue weighted by Gasteiger charge is -1.70. The molecule has 0 saturated carbocycles. The Balaban J connectivity index is -0.0000000886. The second-order valence-corrected chi connectivity index (χ2v) is 1.25. The summed E-state index contributed by atoms with van der Waals surface area (Å²) in [4.78, 5) is 9.00. The molecule has 0 heterocycles. The Bertz CT molecular complexity index is 63.5. The summed E-state index contributed by atoms with van der Waals surface area (Å²) >= 11 is 0. The van der Waals surface area contributed by atoms with Crippen LogP contribution in [0.15, 0.2) is 0 Å². The number of rotatable bonds is 1. The SMILES string of the molecule is CC(=O)O.CNN.OCCO. The van der Waals surface area contributed by atoms with Gasteiger partial charge in [0.05, 0.1) is 13.2 Å². The van der Waals surface area contributed by atoms with Crippen molar-refractivity contribution >= 4 is 5.97 Å². The molecule has 11 heavy (non-hydrogen) atoms. The Morgan fingerprint density at radius 3 is 1.55 bits per heavy atom. The van der Waals surface area contributed by atoms with Crippen molar-refractivity contribution < 1.29 is 20.1 Å². The maximum Gasteiger partial charge on any atom is 0.300 e. The Kier molecular flexibility index (Phi) is 34.7. The van der Waals surface area contributed by atoms with Crippen molar-refractivity contribution in [1.82, 2.24) is 5.43 Å². The minimum absolute atomic E-state index is 0.125. The topological polar surface area (TPSA) is 116 Å². The lowest BCUT2D eigenvalue weighted by molar-refractivity contribution is -0.134. The second kappa shape index (κ2) is 22.8. The van der Waals surface area contributed by atoms with Gasteiger partial charge in [-0.3, -0.25) is 16.1 Å². The number of hydrogen-bond acceptors (Lipinski definition) is 5.